The summed E-state index contributed by atoms with van der Waals surface area (Å²) in [7, 11) is 0. The summed E-state index contributed by atoms with van der Waals surface area (Å²) in [6, 6.07) is 16.0. The summed E-state index contributed by atoms with van der Waals surface area (Å²) in [6.07, 6.45) is 2.36. The molecule has 25 heavy (non-hydrogen) atoms. The Labute approximate surface area is 159 Å². The van der Waals surface area contributed by atoms with Gasteiger partial charge in [0, 0.05) is 18.7 Å². The predicted octanol–water partition coefficient (Wildman–Crippen LogP) is 5.34. The van der Waals surface area contributed by atoms with Crippen LogP contribution in [0.3, 0.4) is 0 Å². The van der Waals surface area contributed by atoms with Gasteiger partial charge in [0.1, 0.15) is 4.32 Å². The lowest BCUT2D eigenvalue weighted by Gasteiger charge is -2.22. The standard InChI is InChI=1S/C21H23NOS2/c1-15-5-9-17(10-6-15)19(23)20(18-11-7-16(2)8-12-18)25-21(24)22-13-3-4-14-22/h5-12,20H,3-4,13-14H2,1-2H3/t20-/m0/s1. The zero-order chi connectivity index (χ0) is 17.8. The number of aryl methyl sites for hydroxylation is 2. The maximum absolute atomic E-state index is 13.2. The second-order valence-corrected chi connectivity index (χ2v) is 8.34. The molecular formula is C21H23NOS2. The topological polar surface area (TPSA) is 20.3 Å². The lowest BCUT2D eigenvalue weighted by molar-refractivity contribution is 0.0989. The van der Waals surface area contributed by atoms with E-state index in [9.17, 15) is 4.79 Å². The van der Waals surface area contributed by atoms with Crippen LogP contribution in [0.1, 0.15) is 45.1 Å². The first-order chi connectivity index (χ1) is 12.0. The van der Waals surface area contributed by atoms with E-state index in [-0.39, 0.29) is 11.0 Å². The minimum atomic E-state index is -0.295. The van der Waals surface area contributed by atoms with E-state index in [0.717, 1.165) is 34.1 Å². The van der Waals surface area contributed by atoms with Gasteiger partial charge >= 0.3 is 0 Å². The largest absolute Gasteiger partial charge is 0.357 e. The minimum absolute atomic E-state index is 0.121. The molecule has 0 amide bonds. The average Bonchev–Trinajstić information content (AvgIpc) is 3.15. The molecule has 2 aromatic rings. The molecule has 0 radical (unpaired) electrons. The van der Waals surface area contributed by atoms with E-state index >= 15 is 0 Å². The number of thioether (sulfide) groups is 1. The van der Waals surface area contributed by atoms with E-state index in [1.165, 1.54) is 30.2 Å². The zero-order valence-electron chi connectivity index (χ0n) is 14.7. The van der Waals surface area contributed by atoms with Crippen LogP contribution in [0.5, 0.6) is 0 Å². The smallest absolute Gasteiger partial charge is 0.180 e. The first kappa shape index (κ1) is 18.2. The Hall–Kier alpha value is -1.65. The van der Waals surface area contributed by atoms with Gasteiger partial charge in [0.2, 0.25) is 0 Å². The predicted molar refractivity (Wildman–Crippen MR) is 110 cm³/mol. The van der Waals surface area contributed by atoms with Gasteiger partial charge in [-0.1, -0.05) is 83.6 Å². The molecule has 0 unspecified atom stereocenters. The molecule has 1 saturated heterocycles. The van der Waals surface area contributed by atoms with Crippen molar-refractivity contribution >= 4 is 34.1 Å². The number of benzene rings is 2. The van der Waals surface area contributed by atoms with Crippen molar-refractivity contribution in [3.8, 4) is 0 Å². The van der Waals surface area contributed by atoms with Gasteiger partial charge in [0.25, 0.3) is 0 Å². The van der Waals surface area contributed by atoms with Crippen molar-refractivity contribution in [1.82, 2.24) is 4.90 Å². The van der Waals surface area contributed by atoms with Crippen molar-refractivity contribution in [3.63, 3.8) is 0 Å². The van der Waals surface area contributed by atoms with Gasteiger partial charge in [-0.05, 0) is 32.3 Å². The summed E-state index contributed by atoms with van der Waals surface area (Å²) < 4.78 is 0.837. The molecule has 130 valence electrons. The van der Waals surface area contributed by atoms with Crippen molar-refractivity contribution in [2.45, 2.75) is 31.9 Å². The van der Waals surface area contributed by atoms with Crippen molar-refractivity contribution in [1.29, 1.82) is 0 Å². The fourth-order valence-electron chi connectivity index (χ4n) is 2.96. The van der Waals surface area contributed by atoms with Crippen molar-refractivity contribution in [3.05, 3.63) is 70.8 Å². The van der Waals surface area contributed by atoms with Crippen LogP contribution >= 0.6 is 24.0 Å². The van der Waals surface area contributed by atoms with E-state index in [4.69, 9.17) is 12.2 Å². The number of ketones is 1. The monoisotopic (exact) mass is 369 g/mol. The van der Waals surface area contributed by atoms with Crippen LogP contribution in [0, 0.1) is 13.8 Å². The first-order valence-electron chi connectivity index (χ1n) is 8.67. The fraction of sp³-hybridized carbons (Fsp3) is 0.333. The van der Waals surface area contributed by atoms with E-state index in [0.29, 0.717) is 0 Å². The Morgan fingerprint density at radius 3 is 2.04 bits per heavy atom. The lowest BCUT2D eigenvalue weighted by atomic mass is 10.0. The first-order valence-corrected chi connectivity index (χ1v) is 9.96. The number of likely N-dealkylation sites (tertiary alicyclic amines) is 1. The highest BCUT2D eigenvalue weighted by Crippen LogP contribution is 2.35. The molecule has 0 aliphatic carbocycles. The number of hydrogen-bond acceptors (Lipinski definition) is 3. The van der Waals surface area contributed by atoms with Crippen LogP contribution in [0.25, 0.3) is 0 Å². The summed E-state index contributed by atoms with van der Waals surface area (Å²) in [5.74, 6) is 0.121. The quantitative estimate of drug-likeness (QED) is 0.535. The number of Topliss-reactive ketones (excluding diaryl/α,β-unsaturated/α-hetero) is 1. The van der Waals surface area contributed by atoms with Gasteiger partial charge in [-0.3, -0.25) is 4.79 Å². The molecule has 0 aromatic heterocycles. The Bertz CT molecular complexity index is 746. The molecule has 4 heteroatoms. The third-order valence-electron chi connectivity index (χ3n) is 4.54. The van der Waals surface area contributed by atoms with Gasteiger partial charge < -0.3 is 4.90 Å². The third-order valence-corrected chi connectivity index (χ3v) is 6.27. The maximum Gasteiger partial charge on any atom is 0.180 e. The van der Waals surface area contributed by atoms with Gasteiger partial charge in [-0.25, -0.2) is 0 Å². The molecule has 0 bridgehead atoms. The van der Waals surface area contributed by atoms with E-state index < -0.39 is 0 Å². The molecule has 0 spiro atoms. The van der Waals surface area contributed by atoms with Gasteiger partial charge in [0.15, 0.2) is 5.78 Å². The SMILES string of the molecule is Cc1ccc(C(=O)[C@@H](SC(=S)N2CCCC2)c2ccc(C)cc2)cc1. The number of carbonyl (C=O) groups is 1. The number of thiocarbonyl (C=S) groups is 1. The summed E-state index contributed by atoms with van der Waals surface area (Å²) in [4.78, 5) is 15.4. The summed E-state index contributed by atoms with van der Waals surface area (Å²) in [5, 5.41) is -0.295. The molecule has 0 N–H and O–H groups in total. The van der Waals surface area contributed by atoms with Gasteiger partial charge in [0.05, 0.1) is 5.25 Å². The van der Waals surface area contributed by atoms with E-state index in [1.54, 1.807) is 0 Å². The molecule has 1 heterocycles. The van der Waals surface area contributed by atoms with E-state index in [1.807, 2.05) is 43.3 Å². The molecule has 0 saturated carbocycles. The Morgan fingerprint density at radius 2 is 1.48 bits per heavy atom. The molecule has 2 nitrogen and oxygen atoms in total. The minimum Gasteiger partial charge on any atom is -0.357 e. The van der Waals surface area contributed by atoms with Crippen LogP contribution < -0.4 is 0 Å². The van der Waals surface area contributed by atoms with Crippen molar-refractivity contribution < 1.29 is 4.79 Å². The molecule has 3 rings (SSSR count). The maximum atomic E-state index is 13.2. The normalized spacial score (nSPS) is 15.2. The summed E-state index contributed by atoms with van der Waals surface area (Å²) in [6.45, 7) is 6.10. The fourth-order valence-corrected chi connectivity index (χ4v) is 4.50. The molecular weight excluding hydrogens is 346 g/mol. The highest BCUT2D eigenvalue weighted by atomic mass is 32.2. The van der Waals surface area contributed by atoms with Crippen LogP contribution in [0.15, 0.2) is 48.5 Å². The van der Waals surface area contributed by atoms with Gasteiger partial charge in [-0.15, -0.1) is 0 Å². The lowest BCUT2D eigenvalue weighted by Crippen LogP contribution is -2.25. The number of nitrogens with zero attached hydrogens (tertiary/aromatic N) is 1. The van der Waals surface area contributed by atoms with Crippen LogP contribution in [0.2, 0.25) is 0 Å². The van der Waals surface area contributed by atoms with Crippen molar-refractivity contribution in [2.24, 2.45) is 0 Å². The van der Waals surface area contributed by atoms with Crippen LogP contribution in [0.4, 0.5) is 0 Å². The number of hydrogen-bond donors (Lipinski definition) is 0. The zero-order valence-corrected chi connectivity index (χ0v) is 16.3. The Morgan fingerprint density at radius 1 is 0.960 bits per heavy atom. The number of rotatable bonds is 4. The third kappa shape index (κ3) is 4.50. The second-order valence-electron chi connectivity index (χ2n) is 6.60. The molecule has 1 fully saturated rings. The molecule has 1 aliphatic rings. The van der Waals surface area contributed by atoms with Crippen LogP contribution in [-0.4, -0.2) is 28.1 Å². The molecule has 1 atom stereocenters. The average molecular weight is 370 g/mol. The summed E-state index contributed by atoms with van der Waals surface area (Å²) >= 11 is 7.16. The Balaban J connectivity index is 1.87. The molecule has 2 aromatic carbocycles. The van der Waals surface area contributed by atoms with Gasteiger partial charge in [-0.2, -0.15) is 0 Å². The molecule has 1 aliphatic heterocycles. The van der Waals surface area contributed by atoms with Crippen LogP contribution in [-0.2, 0) is 0 Å². The summed E-state index contributed by atoms with van der Waals surface area (Å²) in [5.41, 5.74) is 4.11. The van der Waals surface area contributed by atoms with E-state index in [2.05, 4.69) is 24.0 Å². The highest BCUT2D eigenvalue weighted by Gasteiger charge is 2.27. The van der Waals surface area contributed by atoms with Crippen molar-refractivity contribution in [2.75, 3.05) is 13.1 Å². The Kier molecular flexibility index (Phi) is 5.92. The number of carbonyl (C=O) groups excluding carboxylic acids is 1. The second kappa shape index (κ2) is 8.15. The highest BCUT2D eigenvalue weighted by molar-refractivity contribution is 8.23.